The number of hydrogen-bond acceptors (Lipinski definition) is 6. The molecule has 28 heavy (non-hydrogen) atoms. The predicted molar refractivity (Wildman–Crippen MR) is 106 cm³/mol. The van der Waals surface area contributed by atoms with Gasteiger partial charge in [0.15, 0.2) is 17.3 Å². The number of methoxy groups -OCH3 is 3. The number of benzene rings is 2. The number of Topliss-reactive ketones (excluding diaryl/α,β-unsaturated/α-hetero) is 1. The van der Waals surface area contributed by atoms with Crippen LogP contribution in [0.3, 0.4) is 0 Å². The van der Waals surface area contributed by atoms with E-state index in [9.17, 15) is 9.90 Å². The van der Waals surface area contributed by atoms with E-state index in [4.69, 9.17) is 14.2 Å². The van der Waals surface area contributed by atoms with Crippen molar-refractivity contribution in [1.29, 1.82) is 0 Å². The van der Waals surface area contributed by atoms with Gasteiger partial charge in [-0.25, -0.2) is 0 Å². The van der Waals surface area contributed by atoms with Gasteiger partial charge in [0.25, 0.3) is 0 Å². The molecule has 3 rings (SSSR count). The number of rotatable bonds is 8. The molecule has 2 aromatic rings. The van der Waals surface area contributed by atoms with Crippen LogP contribution in [-0.2, 0) is 16.6 Å². The van der Waals surface area contributed by atoms with Crippen molar-refractivity contribution in [3.8, 4) is 17.2 Å². The fourth-order valence-corrected chi connectivity index (χ4v) is 4.01. The highest BCUT2D eigenvalue weighted by molar-refractivity contribution is 5.97. The minimum atomic E-state index is -0.707. The van der Waals surface area contributed by atoms with E-state index < -0.39 is 5.41 Å². The molecule has 1 fully saturated rings. The van der Waals surface area contributed by atoms with Gasteiger partial charge in [0.1, 0.15) is 0 Å². The average molecular weight is 385 g/mol. The quantitative estimate of drug-likeness (QED) is 0.725. The molecule has 2 atom stereocenters. The van der Waals surface area contributed by atoms with Crippen LogP contribution in [0, 0.1) is 0 Å². The molecule has 0 saturated carbocycles. The number of aliphatic hydroxyl groups is 1. The molecule has 2 N–H and O–H groups in total. The van der Waals surface area contributed by atoms with Crippen LogP contribution < -0.4 is 19.5 Å². The third-order valence-corrected chi connectivity index (χ3v) is 5.47. The maximum Gasteiger partial charge on any atom is 0.203 e. The molecule has 0 spiro atoms. The Morgan fingerprint density at radius 3 is 2.25 bits per heavy atom. The molecule has 0 amide bonds. The molecule has 2 unspecified atom stereocenters. The Labute approximate surface area is 165 Å². The Balaban J connectivity index is 1.89. The summed E-state index contributed by atoms with van der Waals surface area (Å²) < 4.78 is 16.2. The van der Waals surface area contributed by atoms with E-state index in [-0.39, 0.29) is 18.4 Å². The fourth-order valence-electron chi connectivity index (χ4n) is 4.01. The maximum absolute atomic E-state index is 13.4. The summed E-state index contributed by atoms with van der Waals surface area (Å²) in [6.45, 7) is 0.463. The van der Waals surface area contributed by atoms with E-state index in [1.165, 1.54) is 0 Å². The van der Waals surface area contributed by atoms with Gasteiger partial charge in [0, 0.05) is 13.2 Å². The van der Waals surface area contributed by atoms with Crippen LogP contribution >= 0.6 is 0 Å². The van der Waals surface area contributed by atoms with Gasteiger partial charge in [-0.15, -0.1) is 0 Å². The lowest BCUT2D eigenvalue weighted by atomic mass is 9.74. The highest BCUT2D eigenvalue weighted by atomic mass is 16.5. The van der Waals surface area contributed by atoms with Crippen molar-refractivity contribution in [2.24, 2.45) is 0 Å². The number of carbonyl (C=O) groups is 1. The highest BCUT2D eigenvalue weighted by Crippen LogP contribution is 2.40. The summed E-state index contributed by atoms with van der Waals surface area (Å²) >= 11 is 0. The molecule has 1 aliphatic rings. The Kier molecular flexibility index (Phi) is 6.21. The molecule has 6 nitrogen and oxygen atoms in total. The van der Waals surface area contributed by atoms with Crippen molar-refractivity contribution >= 4 is 5.78 Å². The third-order valence-electron chi connectivity index (χ3n) is 5.47. The minimum Gasteiger partial charge on any atom is -0.493 e. The lowest BCUT2D eigenvalue weighted by Crippen LogP contribution is -2.38. The number of carbonyl (C=O) groups excluding carboxylic acids is 1. The van der Waals surface area contributed by atoms with E-state index >= 15 is 0 Å². The lowest BCUT2D eigenvalue weighted by molar-refractivity contribution is -0.123. The summed E-state index contributed by atoms with van der Waals surface area (Å²) in [5.41, 5.74) is 1.14. The molecule has 6 heteroatoms. The van der Waals surface area contributed by atoms with E-state index in [0.29, 0.717) is 36.6 Å². The maximum atomic E-state index is 13.4. The topological polar surface area (TPSA) is 77.0 Å². The summed E-state index contributed by atoms with van der Waals surface area (Å²) in [6, 6.07) is 13.1. The molecular weight excluding hydrogens is 358 g/mol. The van der Waals surface area contributed by atoms with Gasteiger partial charge < -0.3 is 24.6 Å². The first-order valence-corrected chi connectivity index (χ1v) is 9.32. The van der Waals surface area contributed by atoms with E-state index in [1.54, 1.807) is 21.3 Å². The molecule has 1 saturated heterocycles. The Morgan fingerprint density at radius 1 is 1.07 bits per heavy atom. The molecule has 150 valence electrons. The molecule has 0 aromatic heterocycles. The minimum absolute atomic E-state index is 0.0424. The first kappa shape index (κ1) is 20.2. The SMILES string of the molecule is COc1cc(CC2NCC(CCO)(c3ccccc3)C2=O)cc(OC)c1OC. The molecular formula is C22H27NO5. The van der Waals surface area contributed by atoms with Crippen LogP contribution in [0.1, 0.15) is 17.5 Å². The second-order valence-corrected chi connectivity index (χ2v) is 6.96. The van der Waals surface area contributed by atoms with Crippen LogP contribution in [0.15, 0.2) is 42.5 Å². The lowest BCUT2D eigenvalue weighted by Gasteiger charge is -2.27. The fraction of sp³-hybridized carbons (Fsp3) is 0.409. The van der Waals surface area contributed by atoms with Gasteiger partial charge in [-0.2, -0.15) is 0 Å². The van der Waals surface area contributed by atoms with Crippen molar-refractivity contribution in [3.05, 3.63) is 53.6 Å². The molecule has 0 bridgehead atoms. The monoisotopic (exact) mass is 385 g/mol. The van der Waals surface area contributed by atoms with Gasteiger partial charge in [0.05, 0.1) is 32.8 Å². The van der Waals surface area contributed by atoms with Crippen LogP contribution in [0.5, 0.6) is 17.2 Å². The van der Waals surface area contributed by atoms with Gasteiger partial charge in [-0.3, -0.25) is 4.79 Å². The second-order valence-electron chi connectivity index (χ2n) is 6.96. The zero-order chi connectivity index (χ0) is 20.1. The van der Waals surface area contributed by atoms with Gasteiger partial charge >= 0.3 is 0 Å². The zero-order valence-electron chi connectivity index (χ0n) is 16.5. The van der Waals surface area contributed by atoms with Crippen LogP contribution in [0.25, 0.3) is 0 Å². The molecule has 1 aliphatic heterocycles. The van der Waals surface area contributed by atoms with Crippen molar-refractivity contribution in [2.45, 2.75) is 24.3 Å². The number of ketones is 1. The Morgan fingerprint density at radius 2 is 1.71 bits per heavy atom. The van der Waals surface area contributed by atoms with Gasteiger partial charge in [0.2, 0.25) is 5.75 Å². The Hall–Kier alpha value is -2.57. The number of ether oxygens (including phenoxy) is 3. The highest BCUT2D eigenvalue weighted by Gasteiger charge is 2.48. The average Bonchev–Trinajstić information content (AvgIpc) is 3.04. The zero-order valence-corrected chi connectivity index (χ0v) is 16.5. The molecule has 0 radical (unpaired) electrons. The van der Waals surface area contributed by atoms with E-state index in [1.807, 2.05) is 42.5 Å². The van der Waals surface area contributed by atoms with Crippen LogP contribution in [0.2, 0.25) is 0 Å². The molecule has 0 aliphatic carbocycles. The third kappa shape index (κ3) is 3.57. The first-order valence-electron chi connectivity index (χ1n) is 9.32. The molecule has 2 aromatic carbocycles. The summed E-state index contributed by atoms with van der Waals surface area (Å²) in [6.07, 6.45) is 0.893. The summed E-state index contributed by atoms with van der Waals surface area (Å²) in [5, 5.41) is 13.0. The van der Waals surface area contributed by atoms with Crippen molar-refractivity contribution < 1.29 is 24.1 Å². The number of nitrogens with one attached hydrogen (secondary N) is 1. The van der Waals surface area contributed by atoms with Gasteiger partial charge in [-0.05, 0) is 36.1 Å². The standard InChI is InChI=1S/C22H27NO5/c1-26-18-12-15(13-19(27-2)20(18)28-3)11-17-21(25)22(9-10-24,14-23-17)16-7-5-4-6-8-16/h4-8,12-13,17,23-24H,9-11,14H2,1-3H3. The van der Waals surface area contributed by atoms with Crippen molar-refractivity contribution in [2.75, 3.05) is 34.5 Å². The normalized spacial score (nSPS) is 21.6. The second kappa shape index (κ2) is 8.63. The molecule has 1 heterocycles. The van der Waals surface area contributed by atoms with Crippen molar-refractivity contribution in [3.63, 3.8) is 0 Å². The van der Waals surface area contributed by atoms with Gasteiger partial charge in [-0.1, -0.05) is 30.3 Å². The summed E-state index contributed by atoms with van der Waals surface area (Å²) in [5.74, 6) is 1.75. The van der Waals surface area contributed by atoms with Crippen LogP contribution in [-0.4, -0.2) is 51.4 Å². The van der Waals surface area contributed by atoms with Crippen molar-refractivity contribution in [1.82, 2.24) is 5.32 Å². The summed E-state index contributed by atoms with van der Waals surface area (Å²) in [7, 11) is 4.70. The number of hydrogen-bond donors (Lipinski definition) is 2. The van der Waals surface area contributed by atoms with E-state index in [2.05, 4.69) is 5.32 Å². The predicted octanol–water partition coefficient (Wildman–Crippen LogP) is 2.12. The Bertz CT molecular complexity index is 798. The van der Waals surface area contributed by atoms with E-state index in [0.717, 1.165) is 11.1 Å². The summed E-state index contributed by atoms with van der Waals surface area (Å²) in [4.78, 5) is 13.4. The first-order chi connectivity index (χ1) is 13.6. The largest absolute Gasteiger partial charge is 0.493 e. The smallest absolute Gasteiger partial charge is 0.203 e. The van der Waals surface area contributed by atoms with Crippen LogP contribution in [0.4, 0.5) is 0 Å². The number of aliphatic hydroxyl groups excluding tert-OH is 1.